The fourth-order valence-corrected chi connectivity index (χ4v) is 14.7. The molecular formula is C76H107BrClF3N12O12. The van der Waals surface area contributed by atoms with Crippen LogP contribution in [0, 0.1) is 24.7 Å². The van der Waals surface area contributed by atoms with Crippen molar-refractivity contribution in [2.75, 3.05) is 76.5 Å². The average molecular weight is 1550 g/mol. The Hall–Kier alpha value is -8.14. The Labute approximate surface area is 629 Å². The molecule has 11 atom stereocenters. The van der Waals surface area contributed by atoms with Crippen molar-refractivity contribution in [1.29, 1.82) is 0 Å². The highest BCUT2D eigenvalue weighted by atomic mass is 79.9. The third-order valence-corrected chi connectivity index (χ3v) is 22.2. The van der Waals surface area contributed by atoms with Crippen molar-refractivity contribution in [2.24, 2.45) is 17.8 Å². The van der Waals surface area contributed by atoms with Gasteiger partial charge >= 0.3 is 6.18 Å². The van der Waals surface area contributed by atoms with Gasteiger partial charge in [0, 0.05) is 87.3 Å². The number of carbonyl (C=O) groups is 12. The van der Waals surface area contributed by atoms with Crippen LogP contribution in [-0.2, 0) is 83.0 Å². The van der Waals surface area contributed by atoms with Crippen molar-refractivity contribution in [1.82, 2.24) is 60.0 Å². The molecule has 1 saturated carbocycles. The summed E-state index contributed by atoms with van der Waals surface area (Å²) in [5.74, 6) is -9.96. The van der Waals surface area contributed by atoms with Gasteiger partial charge in [-0.3, -0.25) is 57.5 Å². The molecule has 24 nitrogen and oxygen atoms in total. The van der Waals surface area contributed by atoms with Gasteiger partial charge in [0.05, 0.1) is 23.6 Å². The fourth-order valence-electron chi connectivity index (χ4n) is 14.0. The molecular weight excluding hydrogens is 1450 g/mol. The van der Waals surface area contributed by atoms with Gasteiger partial charge in [0.2, 0.25) is 70.9 Å². The molecule has 2 saturated heterocycles. The molecule has 6 rings (SSSR count). The van der Waals surface area contributed by atoms with Gasteiger partial charge in [-0.05, 0) is 111 Å². The minimum absolute atomic E-state index is 0.0664. The van der Waals surface area contributed by atoms with E-state index in [1.54, 1.807) is 50.2 Å². The van der Waals surface area contributed by atoms with E-state index in [2.05, 4.69) is 31.9 Å². The number of halogens is 5. The molecule has 1 aliphatic carbocycles. The summed E-state index contributed by atoms with van der Waals surface area (Å²) in [5.41, 5.74) is -0.459. The van der Waals surface area contributed by atoms with Gasteiger partial charge < -0.3 is 60.0 Å². The number of rotatable bonds is 14. The number of nitrogens with one attached hydrogen (secondary N) is 3. The topological polar surface area (TPSA) is 270 Å². The predicted octanol–water partition coefficient (Wildman–Crippen LogP) is 6.92. The first kappa shape index (κ1) is 85.8. The molecule has 3 aromatic carbocycles. The van der Waals surface area contributed by atoms with Gasteiger partial charge in [-0.15, -0.1) is 0 Å². The van der Waals surface area contributed by atoms with Gasteiger partial charge in [0.25, 0.3) is 0 Å². The lowest BCUT2D eigenvalue weighted by atomic mass is 9.90. The second-order valence-corrected chi connectivity index (χ2v) is 30.9. The van der Waals surface area contributed by atoms with Gasteiger partial charge in [-0.1, -0.05) is 143 Å². The van der Waals surface area contributed by atoms with Crippen LogP contribution in [0.1, 0.15) is 140 Å². The normalized spacial score (nSPS) is 24.8. The number of hydrogen-bond acceptors (Lipinski definition) is 12. The number of carbonyl (C=O) groups excluding carboxylic acids is 12. The zero-order valence-electron chi connectivity index (χ0n) is 63.7. The highest BCUT2D eigenvalue weighted by Gasteiger charge is 2.51. The van der Waals surface area contributed by atoms with Crippen LogP contribution in [0.5, 0.6) is 0 Å². The van der Waals surface area contributed by atoms with Crippen LogP contribution in [0.25, 0.3) is 0 Å². The van der Waals surface area contributed by atoms with E-state index in [1.165, 1.54) is 106 Å². The van der Waals surface area contributed by atoms with Crippen molar-refractivity contribution in [3.63, 3.8) is 0 Å². The van der Waals surface area contributed by atoms with Gasteiger partial charge in [-0.2, -0.15) is 13.2 Å². The molecule has 1 spiro atoms. The molecule has 29 heteroatoms. The van der Waals surface area contributed by atoms with E-state index < -0.39 is 172 Å². The number of alkyl halides is 3. The maximum atomic E-state index is 15.7. The molecule has 0 aromatic heterocycles. The van der Waals surface area contributed by atoms with E-state index in [-0.39, 0.29) is 69.4 Å². The molecule has 3 aromatic rings. The van der Waals surface area contributed by atoms with E-state index >= 15 is 24.0 Å². The van der Waals surface area contributed by atoms with Gasteiger partial charge in [-0.25, -0.2) is 0 Å². The van der Waals surface area contributed by atoms with Crippen LogP contribution in [0.3, 0.4) is 0 Å². The zero-order valence-corrected chi connectivity index (χ0v) is 66.0. The number of hydrogen-bond donors (Lipinski definition) is 3. The zero-order chi connectivity index (χ0) is 78.6. The third-order valence-electron chi connectivity index (χ3n) is 21.4. The van der Waals surface area contributed by atoms with Crippen LogP contribution in [0.4, 0.5) is 13.2 Å². The monoisotopic (exact) mass is 1550 g/mol. The number of aryl methyl sites for hydroxylation is 2. The first-order valence-electron chi connectivity index (χ1n) is 36.0. The molecule has 3 fully saturated rings. The van der Waals surface area contributed by atoms with E-state index in [1.807, 2.05) is 46.8 Å². The highest BCUT2D eigenvalue weighted by molar-refractivity contribution is 9.10. The molecule has 0 bridgehead atoms. The Morgan fingerprint density at radius 3 is 1.82 bits per heavy atom. The number of nitrogens with zero attached hydrogens (tertiary/aromatic N) is 9. The fraction of sp³-hybridized carbons (Fsp3) is 0.605. The molecule has 0 unspecified atom stereocenters. The van der Waals surface area contributed by atoms with Gasteiger partial charge in [0.15, 0.2) is 0 Å². The second kappa shape index (κ2) is 36.9. The Kier molecular flexibility index (Phi) is 30.2. The summed E-state index contributed by atoms with van der Waals surface area (Å²) in [5, 5.41) is 8.08. The Balaban J connectivity index is 1.51. The molecule has 12 amide bonds. The van der Waals surface area contributed by atoms with E-state index in [4.69, 9.17) is 11.6 Å². The maximum absolute atomic E-state index is 15.7. The summed E-state index contributed by atoms with van der Waals surface area (Å²) in [7, 11) is 12.6. The highest BCUT2D eigenvalue weighted by Crippen LogP contribution is 2.37. The standard InChI is InChI=1S/C76H107BrClF3N12O12/c1-18-46(6)63-72(103)87(12)48(8)67(98)93-36-33-56(93)71(102)90(15)59(40-50-27-25-45(5)26-28-50)70(101)86(11)43-61(94)82-55(32-30-49-29-31-53(54(78)39-49)76(79,80)81)68(99)89(14)58(41-51-23-22-24-52(77)38-51)66(97)84-75(34-20-21-35-75)74(105)92(17)64(47(7)19-2)73(104)91(16)60(69(100)85(9)10)42-62(95)88(13)57(37-44(3)4)65(96)83-63/h22-29,31,38-39,44,46-48,55-60,63-64H,18-21,30,32-37,40-43H2,1-17H3,(H,82,94)(H,83,96)(H,84,97)/t46-,47-,48-,55-,56-,57-,58-,59-,60-,63-,64-/m0/s1. The lowest BCUT2D eigenvalue weighted by Crippen LogP contribution is -2.65. The summed E-state index contributed by atoms with van der Waals surface area (Å²) < 4.78 is 42.6. The first-order valence-corrected chi connectivity index (χ1v) is 37.2. The molecule has 3 aliphatic rings. The number of benzene rings is 3. The lowest BCUT2D eigenvalue weighted by Gasteiger charge is -2.45. The molecule has 0 radical (unpaired) electrons. The van der Waals surface area contributed by atoms with Gasteiger partial charge in [0.1, 0.15) is 59.9 Å². The lowest BCUT2D eigenvalue weighted by molar-refractivity contribution is -0.160. The van der Waals surface area contributed by atoms with Crippen molar-refractivity contribution < 1.29 is 70.7 Å². The number of fused-ring (bicyclic) bond motifs is 1. The summed E-state index contributed by atoms with van der Waals surface area (Å²) in [6, 6.07) is 5.30. The Bertz CT molecular complexity index is 3670. The quantitative estimate of drug-likeness (QED) is 0.149. The van der Waals surface area contributed by atoms with Crippen LogP contribution in [0.2, 0.25) is 5.02 Å². The van der Waals surface area contributed by atoms with E-state index in [9.17, 15) is 46.7 Å². The van der Waals surface area contributed by atoms with Crippen LogP contribution >= 0.6 is 27.5 Å². The largest absolute Gasteiger partial charge is 0.417 e. The smallest absolute Gasteiger partial charge is 0.347 e. The summed E-state index contributed by atoms with van der Waals surface area (Å²) >= 11 is 9.70. The number of likely N-dealkylation sites (N-methyl/N-ethyl adjacent to an activating group) is 8. The number of amides is 12. The second-order valence-electron chi connectivity index (χ2n) is 29.5. The molecule has 105 heavy (non-hydrogen) atoms. The summed E-state index contributed by atoms with van der Waals surface area (Å²) in [6.45, 7) is 13.6. The van der Waals surface area contributed by atoms with Crippen LogP contribution < -0.4 is 16.0 Å². The van der Waals surface area contributed by atoms with Crippen LogP contribution in [-0.4, -0.2) is 251 Å². The van der Waals surface area contributed by atoms with Crippen molar-refractivity contribution >= 4 is 98.4 Å². The summed E-state index contributed by atoms with van der Waals surface area (Å²) in [6.07, 6.45) is -4.07. The maximum Gasteiger partial charge on any atom is 0.417 e. The summed E-state index contributed by atoms with van der Waals surface area (Å²) in [4.78, 5) is 192. The van der Waals surface area contributed by atoms with Crippen molar-refractivity contribution in [3.8, 4) is 0 Å². The minimum atomic E-state index is -4.80. The van der Waals surface area contributed by atoms with Crippen molar-refractivity contribution in [2.45, 2.75) is 205 Å². The van der Waals surface area contributed by atoms with E-state index in [0.29, 0.717) is 41.3 Å². The average Bonchev–Trinajstić information content (AvgIpc) is 1.75. The Morgan fingerprint density at radius 1 is 0.667 bits per heavy atom. The van der Waals surface area contributed by atoms with E-state index in [0.717, 1.165) is 32.4 Å². The molecule has 2 aliphatic heterocycles. The SMILES string of the molecule is CC[C@H](C)[C@@H]1NC(=O)[C@H](CC(C)C)N(C)C(=O)C[C@@H](C(=O)N(C)C)N(C)C(=O)[C@H]([C@@H](C)CC)N(C)C(=O)C2(CCCC2)NC(=O)[C@H](Cc2cccc(Br)c2)N(C)C(=O)[C@H](CCc2ccc(C(F)(F)F)c(Cl)c2)NC(=O)CN(C)C(=O)[C@H](Cc2ccc(C)cc2)N(C)C(=O)[C@@H]2CCN2C(=O)[C@H](C)N(C)C1=O. The third kappa shape index (κ3) is 20.9. The molecule has 2 heterocycles. The molecule has 3 N–H and O–H groups in total. The first-order chi connectivity index (χ1) is 49.1. The van der Waals surface area contributed by atoms with Crippen molar-refractivity contribution in [3.05, 3.63) is 104 Å². The minimum Gasteiger partial charge on any atom is -0.347 e. The molecule has 578 valence electrons. The predicted molar refractivity (Wildman–Crippen MR) is 395 cm³/mol. The Morgan fingerprint density at radius 2 is 1.27 bits per heavy atom. The van der Waals surface area contributed by atoms with Crippen LogP contribution in [0.15, 0.2) is 71.2 Å².